The second kappa shape index (κ2) is 5.87. The second-order valence-corrected chi connectivity index (χ2v) is 5.20. The Hall–Kier alpha value is -1.16. The maximum absolute atomic E-state index is 6.05. The third-order valence-electron chi connectivity index (χ3n) is 4.04. The molecule has 19 heavy (non-hydrogen) atoms. The van der Waals surface area contributed by atoms with E-state index in [0.29, 0.717) is 6.61 Å². The van der Waals surface area contributed by atoms with Gasteiger partial charge < -0.3 is 10.1 Å². The second-order valence-electron chi connectivity index (χ2n) is 5.20. The maximum atomic E-state index is 6.05. The minimum Gasteiger partial charge on any atom is -0.373 e. The average molecular weight is 263 g/mol. The normalized spacial score (nSPS) is 17.7. The lowest BCUT2D eigenvalue weighted by atomic mass is 10.00. The van der Waals surface area contributed by atoms with Crippen molar-refractivity contribution in [1.82, 2.24) is 9.97 Å². The van der Waals surface area contributed by atoms with E-state index in [1.807, 2.05) is 14.0 Å². The van der Waals surface area contributed by atoms with Gasteiger partial charge in [-0.3, -0.25) is 0 Å². The van der Waals surface area contributed by atoms with Crippen LogP contribution in [-0.4, -0.2) is 23.6 Å². The minimum absolute atomic E-state index is 0.253. The number of hydrogen-bond donors (Lipinski definition) is 1. The van der Waals surface area contributed by atoms with Gasteiger partial charge in [0.15, 0.2) is 5.82 Å². The molecule has 0 radical (unpaired) electrons. The zero-order valence-electron chi connectivity index (χ0n) is 12.5. The van der Waals surface area contributed by atoms with E-state index in [0.717, 1.165) is 36.6 Å². The molecule has 1 fully saturated rings. The molecule has 1 heterocycles. The Bertz CT molecular complexity index is 439. The Morgan fingerprint density at radius 1 is 1.21 bits per heavy atom. The summed E-state index contributed by atoms with van der Waals surface area (Å²) in [6.07, 6.45) is 5.42. The molecule has 1 saturated carbocycles. The van der Waals surface area contributed by atoms with E-state index in [-0.39, 0.29) is 5.60 Å². The number of aromatic nitrogens is 2. The van der Waals surface area contributed by atoms with Crippen LogP contribution in [0.15, 0.2) is 0 Å². The molecular weight excluding hydrogens is 238 g/mol. The van der Waals surface area contributed by atoms with Crippen LogP contribution in [0, 0.1) is 6.92 Å². The predicted octanol–water partition coefficient (Wildman–Crippen LogP) is 3.19. The minimum atomic E-state index is -0.253. The zero-order chi connectivity index (χ0) is 13.9. The van der Waals surface area contributed by atoms with Crippen molar-refractivity contribution in [2.24, 2.45) is 0 Å². The Kier molecular flexibility index (Phi) is 4.40. The molecule has 106 valence electrons. The van der Waals surface area contributed by atoms with Crippen LogP contribution in [0.1, 0.15) is 56.6 Å². The molecule has 0 amide bonds. The van der Waals surface area contributed by atoms with E-state index in [2.05, 4.69) is 19.2 Å². The fourth-order valence-electron chi connectivity index (χ4n) is 3.08. The highest BCUT2D eigenvalue weighted by molar-refractivity contribution is 5.46. The molecule has 1 aromatic rings. The number of aryl methyl sites for hydroxylation is 1. The molecule has 0 aliphatic heterocycles. The summed E-state index contributed by atoms with van der Waals surface area (Å²) in [5, 5.41) is 3.20. The highest BCUT2D eigenvalue weighted by Crippen LogP contribution is 2.41. The van der Waals surface area contributed by atoms with Crippen LogP contribution in [0.3, 0.4) is 0 Å². The van der Waals surface area contributed by atoms with E-state index >= 15 is 0 Å². The smallest absolute Gasteiger partial charge is 0.162 e. The summed E-state index contributed by atoms with van der Waals surface area (Å²) in [4.78, 5) is 9.50. The van der Waals surface area contributed by atoms with Crippen LogP contribution in [0.5, 0.6) is 0 Å². The monoisotopic (exact) mass is 263 g/mol. The number of anilines is 1. The van der Waals surface area contributed by atoms with Crippen LogP contribution in [0.25, 0.3) is 0 Å². The van der Waals surface area contributed by atoms with Gasteiger partial charge in [0, 0.05) is 24.9 Å². The topological polar surface area (TPSA) is 47.0 Å². The number of nitrogens with one attached hydrogen (secondary N) is 1. The molecule has 4 heteroatoms. The summed E-state index contributed by atoms with van der Waals surface area (Å²) >= 11 is 0. The van der Waals surface area contributed by atoms with Crippen molar-refractivity contribution in [3.05, 3.63) is 17.1 Å². The molecule has 2 rings (SSSR count). The molecule has 1 aromatic heterocycles. The van der Waals surface area contributed by atoms with Crippen LogP contribution in [-0.2, 0) is 16.8 Å². The van der Waals surface area contributed by atoms with Crippen LogP contribution in [0.4, 0.5) is 5.82 Å². The first-order valence-corrected chi connectivity index (χ1v) is 7.36. The lowest BCUT2D eigenvalue weighted by Crippen LogP contribution is -2.30. The molecule has 1 aliphatic rings. The highest BCUT2D eigenvalue weighted by Gasteiger charge is 2.39. The van der Waals surface area contributed by atoms with E-state index in [4.69, 9.17) is 14.7 Å². The van der Waals surface area contributed by atoms with Crippen molar-refractivity contribution in [1.29, 1.82) is 0 Å². The number of ether oxygens (including phenoxy) is 1. The van der Waals surface area contributed by atoms with Gasteiger partial charge in [0.1, 0.15) is 11.4 Å². The molecule has 0 bridgehead atoms. The van der Waals surface area contributed by atoms with Gasteiger partial charge in [-0.1, -0.05) is 6.92 Å². The standard InChI is InChI=1S/C15H25N3O/c1-5-12-11(3)17-14(18-13(12)16-4)15(19-6-2)9-7-8-10-15/h5-10H2,1-4H3,(H,16,17,18). The molecule has 0 saturated heterocycles. The summed E-state index contributed by atoms with van der Waals surface area (Å²) in [6.45, 7) is 6.97. The molecule has 0 unspecified atom stereocenters. The first-order chi connectivity index (χ1) is 9.16. The number of rotatable bonds is 5. The van der Waals surface area contributed by atoms with E-state index in [1.54, 1.807) is 0 Å². The number of hydrogen-bond acceptors (Lipinski definition) is 4. The third kappa shape index (κ3) is 2.59. The molecule has 1 N–H and O–H groups in total. The summed E-state index contributed by atoms with van der Waals surface area (Å²) in [7, 11) is 1.92. The summed E-state index contributed by atoms with van der Waals surface area (Å²) in [6, 6.07) is 0. The Labute approximate surface area is 116 Å². The van der Waals surface area contributed by atoms with Gasteiger partial charge in [-0.05, 0) is 46.0 Å². The van der Waals surface area contributed by atoms with Crippen LogP contribution >= 0.6 is 0 Å². The third-order valence-corrected chi connectivity index (χ3v) is 4.04. The van der Waals surface area contributed by atoms with Crippen molar-refractivity contribution in [2.45, 2.75) is 58.5 Å². The number of nitrogens with zero attached hydrogens (tertiary/aromatic N) is 2. The molecule has 0 spiro atoms. The Balaban J connectivity index is 2.46. The average Bonchev–Trinajstić information content (AvgIpc) is 2.88. The zero-order valence-corrected chi connectivity index (χ0v) is 12.5. The quantitative estimate of drug-likeness (QED) is 0.886. The van der Waals surface area contributed by atoms with Gasteiger partial charge in [0.05, 0.1) is 0 Å². The first-order valence-electron chi connectivity index (χ1n) is 7.36. The van der Waals surface area contributed by atoms with E-state index < -0.39 is 0 Å². The molecule has 0 aromatic carbocycles. The predicted molar refractivity (Wildman–Crippen MR) is 77.5 cm³/mol. The Morgan fingerprint density at radius 3 is 2.42 bits per heavy atom. The lowest BCUT2D eigenvalue weighted by Gasteiger charge is -2.28. The fourth-order valence-corrected chi connectivity index (χ4v) is 3.08. The lowest BCUT2D eigenvalue weighted by molar-refractivity contribution is -0.0457. The molecule has 4 nitrogen and oxygen atoms in total. The summed E-state index contributed by atoms with van der Waals surface area (Å²) in [5.41, 5.74) is 2.02. The van der Waals surface area contributed by atoms with Gasteiger partial charge in [0.2, 0.25) is 0 Å². The SMILES string of the molecule is CCOC1(c2nc(C)c(CC)c(NC)n2)CCCC1. The van der Waals surface area contributed by atoms with Crippen molar-refractivity contribution in [2.75, 3.05) is 19.0 Å². The molecular formula is C15H25N3O. The molecule has 0 atom stereocenters. The van der Waals surface area contributed by atoms with Gasteiger partial charge >= 0.3 is 0 Å². The van der Waals surface area contributed by atoms with Crippen LogP contribution < -0.4 is 5.32 Å². The van der Waals surface area contributed by atoms with Crippen molar-refractivity contribution in [3.63, 3.8) is 0 Å². The van der Waals surface area contributed by atoms with E-state index in [1.165, 1.54) is 18.4 Å². The van der Waals surface area contributed by atoms with Crippen molar-refractivity contribution < 1.29 is 4.74 Å². The summed E-state index contributed by atoms with van der Waals surface area (Å²) in [5.74, 6) is 1.82. The van der Waals surface area contributed by atoms with Gasteiger partial charge in [-0.2, -0.15) is 0 Å². The summed E-state index contributed by atoms with van der Waals surface area (Å²) < 4.78 is 6.05. The highest BCUT2D eigenvalue weighted by atomic mass is 16.5. The van der Waals surface area contributed by atoms with Crippen LogP contribution in [0.2, 0.25) is 0 Å². The van der Waals surface area contributed by atoms with Gasteiger partial charge in [-0.15, -0.1) is 0 Å². The first kappa shape index (κ1) is 14.3. The largest absolute Gasteiger partial charge is 0.373 e. The van der Waals surface area contributed by atoms with E-state index in [9.17, 15) is 0 Å². The van der Waals surface area contributed by atoms with Gasteiger partial charge in [-0.25, -0.2) is 9.97 Å². The maximum Gasteiger partial charge on any atom is 0.162 e. The fraction of sp³-hybridized carbons (Fsp3) is 0.733. The molecule has 1 aliphatic carbocycles. The van der Waals surface area contributed by atoms with Gasteiger partial charge in [0.25, 0.3) is 0 Å². The van der Waals surface area contributed by atoms with Crippen molar-refractivity contribution in [3.8, 4) is 0 Å². The van der Waals surface area contributed by atoms with Crippen molar-refractivity contribution >= 4 is 5.82 Å². The Morgan fingerprint density at radius 2 is 1.89 bits per heavy atom.